The molecule has 1 aliphatic carbocycles. The number of rotatable bonds is 7. The van der Waals surface area contributed by atoms with E-state index in [1.807, 2.05) is 12.1 Å². The van der Waals surface area contributed by atoms with Crippen molar-refractivity contribution < 1.29 is 19.0 Å². The molecule has 0 N–H and O–H groups in total. The summed E-state index contributed by atoms with van der Waals surface area (Å²) in [7, 11) is 1.61. The molecule has 1 aromatic rings. The number of methoxy groups -OCH3 is 1. The molecule has 0 heterocycles. The highest BCUT2D eigenvalue weighted by Gasteiger charge is 2.42. The minimum Gasteiger partial charge on any atom is -0.487 e. The molecule has 1 aromatic carbocycles. The summed E-state index contributed by atoms with van der Waals surface area (Å²) in [6.45, 7) is 7.33. The summed E-state index contributed by atoms with van der Waals surface area (Å²) in [6, 6.07) is 6.10. The van der Waals surface area contributed by atoms with Crippen molar-refractivity contribution in [3.05, 3.63) is 29.3 Å². The Kier molecular flexibility index (Phi) is 5.37. The first-order valence-corrected chi connectivity index (χ1v) is 7.43. The average molecular weight is 292 g/mol. The lowest BCUT2D eigenvalue weighted by atomic mass is 9.89. The predicted molar refractivity (Wildman–Crippen MR) is 80.9 cm³/mol. The number of aryl methyl sites for hydroxylation is 1. The molecule has 21 heavy (non-hydrogen) atoms. The molecule has 0 bridgehead atoms. The smallest absolute Gasteiger partial charge is 0.169 e. The third kappa shape index (κ3) is 3.83. The van der Waals surface area contributed by atoms with Crippen molar-refractivity contribution in [2.75, 3.05) is 20.3 Å². The highest BCUT2D eigenvalue weighted by molar-refractivity contribution is 5.90. The van der Waals surface area contributed by atoms with Crippen molar-refractivity contribution in [2.24, 2.45) is 0 Å². The molecule has 2 rings (SSSR count). The van der Waals surface area contributed by atoms with E-state index in [1.165, 1.54) is 11.1 Å². The zero-order valence-electron chi connectivity index (χ0n) is 13.2. The predicted octanol–water partition coefficient (Wildman–Crippen LogP) is 2.87. The van der Waals surface area contributed by atoms with Gasteiger partial charge in [-0.15, -0.1) is 0 Å². The molecule has 116 valence electrons. The van der Waals surface area contributed by atoms with Gasteiger partial charge in [0.25, 0.3) is 0 Å². The zero-order valence-corrected chi connectivity index (χ0v) is 13.2. The van der Waals surface area contributed by atoms with Gasteiger partial charge in [0.2, 0.25) is 0 Å². The topological polar surface area (TPSA) is 44.8 Å². The highest BCUT2D eigenvalue weighted by Crippen LogP contribution is 2.28. The van der Waals surface area contributed by atoms with Crippen molar-refractivity contribution in [3.63, 3.8) is 0 Å². The Hall–Kier alpha value is -1.39. The van der Waals surface area contributed by atoms with E-state index in [9.17, 15) is 4.79 Å². The fourth-order valence-electron chi connectivity index (χ4n) is 2.57. The van der Waals surface area contributed by atoms with Gasteiger partial charge >= 0.3 is 0 Å². The molecule has 0 aliphatic heterocycles. The molecule has 1 aliphatic rings. The molecule has 0 aromatic heterocycles. The maximum absolute atomic E-state index is 11.6. The van der Waals surface area contributed by atoms with Gasteiger partial charge in [-0.1, -0.05) is 19.9 Å². The first-order valence-electron chi connectivity index (χ1n) is 7.43. The van der Waals surface area contributed by atoms with Crippen molar-refractivity contribution in [2.45, 2.75) is 45.3 Å². The van der Waals surface area contributed by atoms with Gasteiger partial charge in [0.1, 0.15) is 11.9 Å². The molecular formula is C17H24O4. The Labute approximate surface area is 126 Å². The lowest BCUT2D eigenvalue weighted by molar-refractivity contribution is -0.156. The second-order valence-electron chi connectivity index (χ2n) is 5.78. The number of benzene rings is 1. The quantitative estimate of drug-likeness (QED) is 0.725. The number of carbonyl (C=O) groups excluding carboxylic acids is 1. The first-order chi connectivity index (χ1) is 10.0. The van der Waals surface area contributed by atoms with E-state index in [0.717, 1.165) is 5.75 Å². The maximum Gasteiger partial charge on any atom is 0.169 e. The second kappa shape index (κ2) is 7.05. The van der Waals surface area contributed by atoms with Crippen LogP contribution in [0.15, 0.2) is 18.2 Å². The molecule has 0 spiro atoms. The van der Waals surface area contributed by atoms with Gasteiger partial charge in [-0.25, -0.2) is 0 Å². The monoisotopic (exact) mass is 292 g/mol. The van der Waals surface area contributed by atoms with Gasteiger partial charge in [-0.2, -0.15) is 0 Å². The van der Waals surface area contributed by atoms with Gasteiger partial charge in [0.15, 0.2) is 11.9 Å². The summed E-state index contributed by atoms with van der Waals surface area (Å²) in [5.41, 5.74) is 2.53. The van der Waals surface area contributed by atoms with Gasteiger partial charge < -0.3 is 14.2 Å². The van der Waals surface area contributed by atoms with Gasteiger partial charge in [0.05, 0.1) is 13.2 Å². The summed E-state index contributed by atoms with van der Waals surface area (Å²) in [6.07, 6.45) is -0.216. The van der Waals surface area contributed by atoms with Crippen LogP contribution in [0, 0.1) is 6.92 Å². The molecule has 2 unspecified atom stereocenters. The highest BCUT2D eigenvalue weighted by atomic mass is 16.6. The summed E-state index contributed by atoms with van der Waals surface area (Å²) < 4.78 is 16.3. The van der Waals surface area contributed by atoms with Crippen molar-refractivity contribution in [1.82, 2.24) is 0 Å². The van der Waals surface area contributed by atoms with Crippen molar-refractivity contribution >= 4 is 5.78 Å². The Morgan fingerprint density at radius 1 is 1.29 bits per heavy atom. The molecule has 1 fully saturated rings. The number of hydrogen-bond donors (Lipinski definition) is 0. The van der Waals surface area contributed by atoms with Crippen LogP contribution < -0.4 is 4.74 Å². The van der Waals surface area contributed by atoms with Crippen LogP contribution in [0.4, 0.5) is 0 Å². The number of Topliss-reactive ketones (excluding diaryl/α,β-unsaturated/α-hetero) is 1. The fraction of sp³-hybridized carbons (Fsp3) is 0.588. The Morgan fingerprint density at radius 3 is 2.62 bits per heavy atom. The second-order valence-corrected chi connectivity index (χ2v) is 5.78. The van der Waals surface area contributed by atoms with E-state index >= 15 is 0 Å². The summed E-state index contributed by atoms with van der Waals surface area (Å²) in [5, 5.41) is 0. The van der Waals surface area contributed by atoms with E-state index in [0.29, 0.717) is 25.6 Å². The zero-order chi connectivity index (χ0) is 15.4. The van der Waals surface area contributed by atoms with Crippen molar-refractivity contribution in [3.8, 4) is 5.75 Å². The van der Waals surface area contributed by atoms with Crippen LogP contribution in [0.1, 0.15) is 37.3 Å². The summed E-state index contributed by atoms with van der Waals surface area (Å²) in [5.74, 6) is 1.40. The SMILES string of the molecule is COCCOC1C(=O)CC1Oc1ccc(C(C)C)c(C)c1. The van der Waals surface area contributed by atoms with E-state index in [4.69, 9.17) is 14.2 Å². The van der Waals surface area contributed by atoms with Crippen LogP contribution in [0.25, 0.3) is 0 Å². The van der Waals surface area contributed by atoms with Crippen LogP contribution in [-0.2, 0) is 14.3 Å². The van der Waals surface area contributed by atoms with Gasteiger partial charge in [-0.3, -0.25) is 4.79 Å². The Balaban J connectivity index is 1.95. The van der Waals surface area contributed by atoms with Crippen LogP contribution in [0.3, 0.4) is 0 Å². The van der Waals surface area contributed by atoms with E-state index in [1.54, 1.807) is 7.11 Å². The van der Waals surface area contributed by atoms with Crippen LogP contribution in [0.2, 0.25) is 0 Å². The van der Waals surface area contributed by atoms with Crippen LogP contribution >= 0.6 is 0 Å². The fourth-order valence-corrected chi connectivity index (χ4v) is 2.57. The van der Waals surface area contributed by atoms with Gasteiger partial charge in [0, 0.05) is 13.5 Å². The van der Waals surface area contributed by atoms with Crippen molar-refractivity contribution in [1.29, 1.82) is 0 Å². The lowest BCUT2D eigenvalue weighted by Crippen LogP contribution is -2.52. The Bertz CT molecular complexity index is 496. The van der Waals surface area contributed by atoms with E-state index in [-0.39, 0.29) is 11.9 Å². The Morgan fingerprint density at radius 2 is 2.05 bits per heavy atom. The number of carbonyl (C=O) groups is 1. The lowest BCUT2D eigenvalue weighted by Gasteiger charge is -2.34. The molecular weight excluding hydrogens is 268 g/mol. The summed E-state index contributed by atoms with van der Waals surface area (Å²) >= 11 is 0. The molecule has 0 saturated heterocycles. The standard InChI is InChI=1S/C17H24O4/c1-11(2)14-6-5-13(9-12(14)3)21-16-10-15(18)17(16)20-8-7-19-4/h5-6,9,11,16-17H,7-8,10H2,1-4H3. The maximum atomic E-state index is 11.6. The first kappa shape index (κ1) is 16.0. The molecule has 0 radical (unpaired) electrons. The number of ketones is 1. The minimum absolute atomic E-state index is 0.103. The normalized spacial score (nSPS) is 21.5. The average Bonchev–Trinajstić information content (AvgIpc) is 2.42. The summed E-state index contributed by atoms with van der Waals surface area (Å²) in [4.78, 5) is 11.6. The van der Waals surface area contributed by atoms with Crippen LogP contribution in [0.5, 0.6) is 5.75 Å². The molecule has 0 amide bonds. The van der Waals surface area contributed by atoms with E-state index < -0.39 is 6.10 Å². The van der Waals surface area contributed by atoms with Gasteiger partial charge in [-0.05, 0) is 36.1 Å². The van der Waals surface area contributed by atoms with E-state index in [2.05, 4.69) is 26.8 Å². The molecule has 2 atom stereocenters. The van der Waals surface area contributed by atoms with Crippen LogP contribution in [-0.4, -0.2) is 38.3 Å². The largest absolute Gasteiger partial charge is 0.487 e. The molecule has 4 nitrogen and oxygen atoms in total. The third-order valence-electron chi connectivity index (χ3n) is 3.79. The minimum atomic E-state index is -0.453. The number of hydrogen-bond acceptors (Lipinski definition) is 4. The molecule has 1 saturated carbocycles. The number of ether oxygens (including phenoxy) is 3. The molecule has 4 heteroatoms. The third-order valence-corrected chi connectivity index (χ3v) is 3.79.